The standard InChI is InChI=1S/C11H16N4O5/c1-15(5-4-9(16)17)11(18)14-10-12-7(19-2)6-8(13-10)20-3/h6H,4-5H2,1-3H3,(H,16,17)(H,12,13,14,18). The lowest BCUT2D eigenvalue weighted by molar-refractivity contribution is -0.137. The number of carboxylic acid groups (broad SMARTS) is 1. The monoisotopic (exact) mass is 284 g/mol. The Bertz CT molecular complexity index is 471. The maximum atomic E-state index is 11.8. The fraction of sp³-hybridized carbons (Fsp3) is 0.455. The smallest absolute Gasteiger partial charge is 0.323 e. The van der Waals surface area contributed by atoms with Crippen molar-refractivity contribution in [2.24, 2.45) is 0 Å². The molecule has 0 aliphatic carbocycles. The van der Waals surface area contributed by atoms with Crippen LogP contribution >= 0.6 is 0 Å². The van der Waals surface area contributed by atoms with Gasteiger partial charge in [0.2, 0.25) is 17.7 Å². The van der Waals surface area contributed by atoms with Crippen molar-refractivity contribution in [2.45, 2.75) is 6.42 Å². The van der Waals surface area contributed by atoms with Crippen molar-refractivity contribution in [3.63, 3.8) is 0 Å². The third kappa shape index (κ3) is 4.59. The lowest BCUT2D eigenvalue weighted by atomic mass is 10.4. The van der Waals surface area contributed by atoms with Gasteiger partial charge in [0.15, 0.2) is 0 Å². The molecule has 0 aliphatic rings. The predicted molar refractivity (Wildman–Crippen MR) is 69.0 cm³/mol. The zero-order valence-corrected chi connectivity index (χ0v) is 11.4. The zero-order valence-electron chi connectivity index (χ0n) is 11.4. The van der Waals surface area contributed by atoms with Gasteiger partial charge in [-0.3, -0.25) is 10.1 Å². The summed E-state index contributed by atoms with van der Waals surface area (Å²) >= 11 is 0. The van der Waals surface area contributed by atoms with Gasteiger partial charge in [-0.25, -0.2) is 4.79 Å². The molecule has 0 saturated heterocycles. The van der Waals surface area contributed by atoms with Crippen LogP contribution in [0, 0.1) is 0 Å². The number of methoxy groups -OCH3 is 2. The maximum absolute atomic E-state index is 11.8. The first-order valence-electron chi connectivity index (χ1n) is 5.67. The summed E-state index contributed by atoms with van der Waals surface area (Å²) < 4.78 is 9.89. The number of ether oxygens (including phenoxy) is 2. The minimum Gasteiger partial charge on any atom is -0.481 e. The Balaban J connectivity index is 2.71. The third-order valence-corrected chi connectivity index (χ3v) is 2.32. The van der Waals surface area contributed by atoms with E-state index < -0.39 is 12.0 Å². The second-order valence-corrected chi connectivity index (χ2v) is 3.77. The molecule has 0 atom stereocenters. The molecule has 110 valence electrons. The molecule has 0 unspecified atom stereocenters. The molecular weight excluding hydrogens is 268 g/mol. The maximum Gasteiger partial charge on any atom is 0.323 e. The van der Waals surface area contributed by atoms with E-state index >= 15 is 0 Å². The molecule has 2 amide bonds. The van der Waals surface area contributed by atoms with E-state index in [4.69, 9.17) is 14.6 Å². The highest BCUT2D eigenvalue weighted by Crippen LogP contribution is 2.17. The fourth-order valence-electron chi connectivity index (χ4n) is 1.22. The van der Waals surface area contributed by atoms with Crippen LogP contribution in [0.3, 0.4) is 0 Å². The normalized spacial score (nSPS) is 9.75. The van der Waals surface area contributed by atoms with Gasteiger partial charge < -0.3 is 19.5 Å². The van der Waals surface area contributed by atoms with Crippen molar-refractivity contribution < 1.29 is 24.2 Å². The van der Waals surface area contributed by atoms with Crippen LogP contribution in [0.1, 0.15) is 6.42 Å². The number of aromatic nitrogens is 2. The van der Waals surface area contributed by atoms with Gasteiger partial charge in [-0.15, -0.1) is 0 Å². The highest BCUT2D eigenvalue weighted by Gasteiger charge is 2.13. The lowest BCUT2D eigenvalue weighted by Gasteiger charge is -2.16. The van der Waals surface area contributed by atoms with Crippen molar-refractivity contribution >= 4 is 17.9 Å². The van der Waals surface area contributed by atoms with E-state index in [2.05, 4.69) is 15.3 Å². The molecule has 0 aromatic carbocycles. The SMILES string of the molecule is COc1cc(OC)nc(NC(=O)N(C)CCC(=O)O)n1. The number of anilines is 1. The molecule has 1 rings (SSSR count). The summed E-state index contributed by atoms with van der Waals surface area (Å²) in [6.45, 7) is 0.0717. The fourth-order valence-corrected chi connectivity index (χ4v) is 1.22. The molecule has 1 heterocycles. The second-order valence-electron chi connectivity index (χ2n) is 3.77. The lowest BCUT2D eigenvalue weighted by Crippen LogP contribution is -2.33. The van der Waals surface area contributed by atoms with Crippen molar-refractivity contribution in [1.82, 2.24) is 14.9 Å². The molecule has 0 fully saturated rings. The number of nitrogens with one attached hydrogen (secondary N) is 1. The largest absolute Gasteiger partial charge is 0.481 e. The number of carbonyl (C=O) groups is 2. The molecule has 1 aromatic rings. The van der Waals surface area contributed by atoms with Gasteiger partial charge in [0, 0.05) is 13.6 Å². The number of nitrogens with zero attached hydrogens (tertiary/aromatic N) is 3. The number of hydrogen-bond donors (Lipinski definition) is 2. The van der Waals surface area contributed by atoms with Gasteiger partial charge in [0.1, 0.15) is 0 Å². The first-order chi connectivity index (χ1) is 9.46. The summed E-state index contributed by atoms with van der Waals surface area (Å²) in [5.74, 6) is -0.502. The van der Waals surface area contributed by atoms with Crippen LogP contribution in [0.25, 0.3) is 0 Å². The Morgan fingerprint density at radius 1 is 1.30 bits per heavy atom. The van der Waals surface area contributed by atoms with Gasteiger partial charge in [-0.2, -0.15) is 9.97 Å². The second kappa shape index (κ2) is 7.12. The Morgan fingerprint density at radius 3 is 2.30 bits per heavy atom. The number of hydrogen-bond acceptors (Lipinski definition) is 6. The Morgan fingerprint density at radius 2 is 1.85 bits per heavy atom. The summed E-state index contributed by atoms with van der Waals surface area (Å²) in [5.41, 5.74) is 0. The van der Waals surface area contributed by atoms with Crippen molar-refractivity contribution in [2.75, 3.05) is 33.1 Å². The summed E-state index contributed by atoms with van der Waals surface area (Å²) in [5, 5.41) is 11.0. The van der Waals surface area contributed by atoms with E-state index in [-0.39, 0.29) is 30.7 Å². The Hall–Kier alpha value is -2.58. The minimum absolute atomic E-state index is 0.00775. The van der Waals surface area contributed by atoms with Crippen LogP contribution < -0.4 is 14.8 Å². The van der Waals surface area contributed by atoms with Crippen LogP contribution in [0.5, 0.6) is 11.8 Å². The molecule has 0 bridgehead atoms. The highest BCUT2D eigenvalue weighted by molar-refractivity contribution is 5.87. The van der Waals surface area contributed by atoms with Crippen LogP contribution in [0.2, 0.25) is 0 Å². The molecule has 2 N–H and O–H groups in total. The predicted octanol–water partition coefficient (Wildman–Crippen LogP) is 0.432. The molecule has 20 heavy (non-hydrogen) atoms. The van der Waals surface area contributed by atoms with Gasteiger partial charge in [0.05, 0.1) is 26.7 Å². The molecule has 0 radical (unpaired) electrons. The average molecular weight is 284 g/mol. The average Bonchev–Trinajstić information content (AvgIpc) is 2.43. The number of aliphatic carboxylic acids is 1. The molecule has 0 saturated carbocycles. The van der Waals surface area contributed by atoms with Gasteiger partial charge >= 0.3 is 12.0 Å². The van der Waals surface area contributed by atoms with E-state index in [1.807, 2.05) is 0 Å². The first-order valence-corrected chi connectivity index (χ1v) is 5.67. The van der Waals surface area contributed by atoms with Gasteiger partial charge in [-0.05, 0) is 0 Å². The zero-order chi connectivity index (χ0) is 15.1. The molecule has 1 aromatic heterocycles. The van der Waals surface area contributed by atoms with E-state index in [9.17, 15) is 9.59 Å². The summed E-state index contributed by atoms with van der Waals surface area (Å²) in [6, 6.07) is 0.936. The molecule has 0 spiro atoms. The first kappa shape index (κ1) is 15.5. The molecule has 9 heteroatoms. The quantitative estimate of drug-likeness (QED) is 0.778. The van der Waals surface area contributed by atoms with Gasteiger partial charge in [0.25, 0.3) is 0 Å². The Labute approximate surface area is 115 Å². The van der Waals surface area contributed by atoms with Crippen LogP contribution in [-0.2, 0) is 4.79 Å². The molecule has 9 nitrogen and oxygen atoms in total. The summed E-state index contributed by atoms with van der Waals surface area (Å²) in [7, 11) is 4.31. The van der Waals surface area contributed by atoms with Gasteiger partial charge in [-0.1, -0.05) is 0 Å². The number of urea groups is 1. The van der Waals surface area contributed by atoms with E-state index in [1.54, 1.807) is 0 Å². The summed E-state index contributed by atoms with van der Waals surface area (Å²) in [4.78, 5) is 31.3. The topological polar surface area (TPSA) is 114 Å². The number of amides is 2. The van der Waals surface area contributed by atoms with Crippen molar-refractivity contribution in [1.29, 1.82) is 0 Å². The van der Waals surface area contributed by atoms with Crippen molar-refractivity contribution in [3.05, 3.63) is 6.07 Å². The van der Waals surface area contributed by atoms with Crippen molar-refractivity contribution in [3.8, 4) is 11.8 Å². The highest BCUT2D eigenvalue weighted by atomic mass is 16.5. The number of rotatable bonds is 6. The van der Waals surface area contributed by atoms with E-state index in [1.165, 1.54) is 32.2 Å². The minimum atomic E-state index is -0.982. The summed E-state index contributed by atoms with van der Waals surface area (Å²) in [6.07, 6.45) is -0.147. The Kier molecular flexibility index (Phi) is 5.51. The third-order valence-electron chi connectivity index (χ3n) is 2.32. The van der Waals surface area contributed by atoms with Crippen LogP contribution in [0.15, 0.2) is 6.07 Å². The van der Waals surface area contributed by atoms with E-state index in [0.29, 0.717) is 0 Å². The number of carbonyl (C=O) groups excluding carboxylic acids is 1. The van der Waals surface area contributed by atoms with Crippen LogP contribution in [-0.4, -0.2) is 59.8 Å². The van der Waals surface area contributed by atoms with E-state index in [0.717, 1.165) is 0 Å². The number of carboxylic acids is 1. The molecule has 0 aliphatic heterocycles. The molecular formula is C11H16N4O5. The van der Waals surface area contributed by atoms with Crippen LogP contribution in [0.4, 0.5) is 10.7 Å².